The van der Waals surface area contributed by atoms with Crippen LogP contribution in [0.5, 0.6) is 5.75 Å². The van der Waals surface area contributed by atoms with Crippen molar-refractivity contribution in [3.05, 3.63) is 36.4 Å². The molecule has 1 rings (SSSR count). The number of allylic oxidation sites excluding steroid dienone is 1. The van der Waals surface area contributed by atoms with Gasteiger partial charge in [-0.1, -0.05) is 32.9 Å². The summed E-state index contributed by atoms with van der Waals surface area (Å²) >= 11 is 0. The molecule has 0 heterocycles. The summed E-state index contributed by atoms with van der Waals surface area (Å²) < 4.78 is 17.1. The summed E-state index contributed by atoms with van der Waals surface area (Å²) in [6.07, 6.45) is 3.43. The second-order valence-electron chi connectivity index (χ2n) is 7.97. The molecule has 0 aromatic heterocycles. The number of anilines is 1. The Morgan fingerprint density at radius 1 is 1.22 bits per heavy atom. The molecule has 0 aliphatic rings. The molecule has 0 aliphatic carbocycles. The highest BCUT2D eigenvalue weighted by atomic mass is 28.4. The Morgan fingerprint density at radius 2 is 1.81 bits per heavy atom. The van der Waals surface area contributed by atoms with Crippen molar-refractivity contribution >= 4 is 20.0 Å². The lowest BCUT2D eigenvalue weighted by atomic mass is 10.1. The molecule has 27 heavy (non-hydrogen) atoms. The second-order valence-corrected chi connectivity index (χ2v) is 12.7. The first-order valence-electron chi connectivity index (χ1n) is 9.43. The molecule has 0 fully saturated rings. The Labute approximate surface area is 165 Å². The van der Waals surface area contributed by atoms with E-state index in [2.05, 4.69) is 39.2 Å². The van der Waals surface area contributed by atoms with Crippen molar-refractivity contribution in [3.8, 4) is 5.75 Å². The van der Waals surface area contributed by atoms with Crippen LogP contribution in [-0.4, -0.2) is 40.1 Å². The molecule has 6 heteroatoms. The highest BCUT2D eigenvalue weighted by Crippen LogP contribution is 2.38. The van der Waals surface area contributed by atoms with Gasteiger partial charge in [0.25, 0.3) is 0 Å². The summed E-state index contributed by atoms with van der Waals surface area (Å²) in [6, 6.07) is 6.82. The Hall–Kier alpha value is -1.79. The number of methoxy groups -OCH3 is 1. The van der Waals surface area contributed by atoms with E-state index in [4.69, 9.17) is 13.9 Å². The molecular formula is C21H35NO4Si. The number of carbonyl (C=O) groups is 1. The lowest BCUT2D eigenvalue weighted by Gasteiger charge is -2.40. The van der Waals surface area contributed by atoms with Gasteiger partial charge in [0.1, 0.15) is 5.75 Å². The van der Waals surface area contributed by atoms with Crippen LogP contribution < -0.4 is 10.1 Å². The van der Waals surface area contributed by atoms with Gasteiger partial charge in [0.2, 0.25) is 0 Å². The van der Waals surface area contributed by atoms with E-state index in [9.17, 15) is 4.79 Å². The largest absolute Gasteiger partial charge is 0.497 e. The zero-order valence-corrected chi connectivity index (χ0v) is 19.0. The van der Waals surface area contributed by atoms with Crippen molar-refractivity contribution in [2.24, 2.45) is 0 Å². The van der Waals surface area contributed by atoms with E-state index in [1.165, 1.54) is 0 Å². The van der Waals surface area contributed by atoms with Crippen molar-refractivity contribution in [3.63, 3.8) is 0 Å². The molecule has 1 N–H and O–H groups in total. The zero-order chi connectivity index (χ0) is 20.7. The molecule has 5 nitrogen and oxygen atoms in total. The fourth-order valence-electron chi connectivity index (χ4n) is 2.30. The third-order valence-corrected chi connectivity index (χ3v) is 9.37. The summed E-state index contributed by atoms with van der Waals surface area (Å²) in [6.45, 7) is 15.0. The lowest BCUT2D eigenvalue weighted by molar-refractivity contribution is -0.145. The predicted octanol–water partition coefficient (Wildman–Crippen LogP) is 5.01. The number of benzene rings is 1. The minimum atomic E-state index is -2.09. The summed E-state index contributed by atoms with van der Waals surface area (Å²) in [5, 5.41) is 3.32. The Morgan fingerprint density at radius 3 is 2.26 bits per heavy atom. The molecule has 0 spiro atoms. The number of hydrogen-bond donors (Lipinski definition) is 1. The minimum Gasteiger partial charge on any atom is -0.497 e. The van der Waals surface area contributed by atoms with Gasteiger partial charge < -0.3 is 19.2 Å². The molecule has 0 radical (unpaired) electrons. The molecule has 0 aliphatic heterocycles. The molecule has 152 valence electrons. The number of ether oxygens (including phenoxy) is 2. The number of hydrogen-bond acceptors (Lipinski definition) is 5. The molecular weight excluding hydrogens is 358 g/mol. The van der Waals surface area contributed by atoms with Crippen molar-refractivity contribution < 1.29 is 18.7 Å². The summed E-state index contributed by atoms with van der Waals surface area (Å²) in [7, 11) is -0.464. The van der Waals surface area contributed by atoms with Crippen LogP contribution in [0.2, 0.25) is 18.1 Å². The maximum atomic E-state index is 12.7. The first-order chi connectivity index (χ1) is 12.6. The van der Waals surface area contributed by atoms with Gasteiger partial charge in [0.05, 0.1) is 19.8 Å². The predicted molar refractivity (Wildman–Crippen MR) is 114 cm³/mol. The van der Waals surface area contributed by atoms with E-state index in [-0.39, 0.29) is 11.0 Å². The van der Waals surface area contributed by atoms with E-state index >= 15 is 0 Å². The van der Waals surface area contributed by atoms with Crippen molar-refractivity contribution in [1.29, 1.82) is 0 Å². The van der Waals surface area contributed by atoms with Crippen molar-refractivity contribution in [2.45, 2.75) is 64.9 Å². The van der Waals surface area contributed by atoms with E-state index in [0.717, 1.165) is 11.4 Å². The van der Waals surface area contributed by atoms with Gasteiger partial charge in [-0.05, 0) is 56.2 Å². The smallest absolute Gasteiger partial charge is 0.331 e. The first kappa shape index (κ1) is 23.2. The lowest BCUT2D eigenvalue weighted by Crippen LogP contribution is -2.51. The van der Waals surface area contributed by atoms with Gasteiger partial charge in [0, 0.05) is 5.69 Å². The number of carbonyl (C=O) groups excluding carboxylic acids is 1. The number of nitrogens with one attached hydrogen (secondary N) is 1. The fraction of sp³-hybridized carbons (Fsp3) is 0.571. The third-order valence-electron chi connectivity index (χ3n) is 4.90. The van der Waals surface area contributed by atoms with E-state index in [1.54, 1.807) is 7.11 Å². The zero-order valence-electron chi connectivity index (χ0n) is 18.0. The van der Waals surface area contributed by atoms with Crippen LogP contribution in [-0.2, 0) is 14.0 Å². The normalized spacial score (nSPS) is 14.7. The maximum absolute atomic E-state index is 12.7. The molecule has 1 aromatic carbocycles. The average Bonchev–Trinajstić information content (AvgIpc) is 2.59. The molecule has 1 aromatic rings. The van der Waals surface area contributed by atoms with Crippen LogP contribution in [0.25, 0.3) is 0 Å². The van der Waals surface area contributed by atoms with E-state index < -0.39 is 20.5 Å². The highest BCUT2D eigenvalue weighted by molar-refractivity contribution is 6.74. The van der Waals surface area contributed by atoms with Crippen LogP contribution in [0.3, 0.4) is 0 Å². The van der Waals surface area contributed by atoms with Gasteiger partial charge >= 0.3 is 5.97 Å². The number of rotatable bonds is 9. The van der Waals surface area contributed by atoms with Gasteiger partial charge in [-0.15, -0.1) is 0 Å². The van der Waals surface area contributed by atoms with Gasteiger partial charge in [-0.25, -0.2) is 4.79 Å². The topological polar surface area (TPSA) is 56.8 Å². The van der Waals surface area contributed by atoms with Gasteiger partial charge in [-0.3, -0.25) is 0 Å². The van der Waals surface area contributed by atoms with Crippen LogP contribution in [0.1, 0.15) is 34.6 Å². The summed E-state index contributed by atoms with van der Waals surface area (Å²) in [5.41, 5.74) is 0.808. The van der Waals surface area contributed by atoms with Crippen LogP contribution >= 0.6 is 0 Å². The molecule has 0 amide bonds. The van der Waals surface area contributed by atoms with Crippen LogP contribution in [0, 0.1) is 0 Å². The Kier molecular flexibility index (Phi) is 8.56. The SMILES string of the molecule is C/C=C\[C@H](O[Si](C)(C)C(C)(C)C)[C@H](Nc1ccc(OC)cc1)C(=O)OCC. The minimum absolute atomic E-state index is 0.0339. The first-order valence-corrected chi connectivity index (χ1v) is 12.3. The Bertz CT molecular complexity index is 620. The maximum Gasteiger partial charge on any atom is 0.331 e. The third kappa shape index (κ3) is 6.70. The summed E-state index contributed by atoms with van der Waals surface area (Å²) in [4.78, 5) is 12.7. The van der Waals surface area contributed by atoms with Crippen molar-refractivity contribution in [2.75, 3.05) is 19.0 Å². The van der Waals surface area contributed by atoms with Crippen LogP contribution in [0.15, 0.2) is 36.4 Å². The number of esters is 1. The summed E-state index contributed by atoms with van der Waals surface area (Å²) in [5.74, 6) is 0.436. The average molecular weight is 394 g/mol. The molecule has 0 saturated carbocycles. The molecule has 0 saturated heterocycles. The quantitative estimate of drug-likeness (QED) is 0.363. The highest BCUT2D eigenvalue weighted by Gasteiger charge is 2.41. The molecule has 0 bridgehead atoms. The van der Waals surface area contributed by atoms with E-state index in [0.29, 0.717) is 6.61 Å². The monoisotopic (exact) mass is 393 g/mol. The van der Waals surface area contributed by atoms with Crippen LogP contribution in [0.4, 0.5) is 5.69 Å². The molecule has 0 unspecified atom stereocenters. The Balaban J connectivity index is 3.17. The fourth-order valence-corrected chi connectivity index (χ4v) is 3.55. The second kappa shape index (κ2) is 9.94. The van der Waals surface area contributed by atoms with Gasteiger partial charge in [-0.2, -0.15) is 0 Å². The van der Waals surface area contributed by atoms with Crippen molar-refractivity contribution in [1.82, 2.24) is 0 Å². The van der Waals surface area contributed by atoms with Gasteiger partial charge in [0.15, 0.2) is 14.4 Å². The standard InChI is InChI=1S/C21H35NO4Si/c1-9-11-18(26-27(7,8)21(3,4)5)19(20(23)25-10-2)22-16-12-14-17(24-6)15-13-16/h9,11-15,18-19,22H,10H2,1-8H3/b11-9-/t18-,19-/m0/s1. The van der Waals surface area contributed by atoms with E-state index in [1.807, 2.05) is 50.3 Å². The molecule has 2 atom stereocenters.